The number of nitrogens with zero attached hydrogens (tertiary/aromatic N) is 2. The van der Waals surface area contributed by atoms with Gasteiger partial charge in [-0.2, -0.15) is 0 Å². The molecular weight excluding hydrogens is 518 g/mol. The zero-order chi connectivity index (χ0) is 28.8. The van der Waals surface area contributed by atoms with Gasteiger partial charge >= 0.3 is 6.09 Å². The lowest BCUT2D eigenvalue weighted by Gasteiger charge is -2.36. The molecule has 2 aliphatic rings. The van der Waals surface area contributed by atoms with E-state index in [0.717, 1.165) is 69.5 Å². The number of rotatable bonds is 10. The Hall–Kier alpha value is -4.09. The molecule has 216 valence electrons. The number of benzene rings is 4. The monoisotopic (exact) mass is 559 g/mol. The molecule has 6 rings (SSSR count). The first-order valence-corrected chi connectivity index (χ1v) is 15.5. The molecule has 1 heterocycles. The van der Waals surface area contributed by atoms with E-state index in [1.165, 1.54) is 27.9 Å². The summed E-state index contributed by atoms with van der Waals surface area (Å²) in [6.07, 6.45) is 3.36. The number of anilines is 1. The normalized spacial score (nSPS) is 15.6. The van der Waals surface area contributed by atoms with Crippen molar-refractivity contribution in [1.29, 1.82) is 0 Å². The van der Waals surface area contributed by atoms with Gasteiger partial charge in [-0.05, 0) is 66.6 Å². The van der Waals surface area contributed by atoms with Crippen molar-refractivity contribution in [1.82, 2.24) is 10.2 Å². The van der Waals surface area contributed by atoms with Gasteiger partial charge in [-0.15, -0.1) is 0 Å². The number of fused-ring (bicyclic) bond motifs is 3. The molecule has 0 bridgehead atoms. The Balaban J connectivity index is 1.06. The predicted octanol–water partition coefficient (Wildman–Crippen LogP) is 7.71. The lowest BCUT2D eigenvalue weighted by molar-refractivity contribution is 0.0329. The number of alkyl carbamates (subject to hydrolysis) is 1. The lowest BCUT2D eigenvalue weighted by atomic mass is 9.86. The first-order valence-electron chi connectivity index (χ1n) is 15.5. The fourth-order valence-corrected chi connectivity index (χ4v) is 6.57. The topological polar surface area (TPSA) is 44.8 Å². The van der Waals surface area contributed by atoms with Crippen LogP contribution in [-0.4, -0.2) is 50.3 Å². The van der Waals surface area contributed by atoms with E-state index in [2.05, 4.69) is 125 Å². The molecule has 0 aromatic heterocycles. The smallest absolute Gasteiger partial charge is 0.408 e. The van der Waals surface area contributed by atoms with E-state index in [1.54, 1.807) is 0 Å². The summed E-state index contributed by atoms with van der Waals surface area (Å²) in [6, 6.07) is 36.4. The predicted molar refractivity (Wildman–Crippen MR) is 172 cm³/mol. The SMILES string of the molecule is CCCNC(=O)OC1(CCCCN2CCN(c3ccc(-c4ccccc4)cc3)CC2)c2ccccc2-c2ccccc21. The van der Waals surface area contributed by atoms with Crippen LogP contribution in [0.25, 0.3) is 22.3 Å². The molecule has 5 nitrogen and oxygen atoms in total. The molecule has 4 aromatic rings. The fourth-order valence-electron chi connectivity index (χ4n) is 6.57. The van der Waals surface area contributed by atoms with Crippen molar-refractivity contribution >= 4 is 11.8 Å². The molecule has 42 heavy (non-hydrogen) atoms. The highest BCUT2D eigenvalue weighted by molar-refractivity contribution is 5.82. The zero-order valence-electron chi connectivity index (χ0n) is 24.6. The minimum atomic E-state index is -0.754. The van der Waals surface area contributed by atoms with Gasteiger partial charge in [0, 0.05) is 49.5 Å². The summed E-state index contributed by atoms with van der Waals surface area (Å²) in [5.41, 5.74) is 7.61. The summed E-state index contributed by atoms with van der Waals surface area (Å²) in [4.78, 5) is 18.0. The van der Waals surface area contributed by atoms with Gasteiger partial charge < -0.3 is 15.0 Å². The van der Waals surface area contributed by atoms with Crippen LogP contribution in [0.5, 0.6) is 0 Å². The maximum absolute atomic E-state index is 13.0. The lowest BCUT2D eigenvalue weighted by Crippen LogP contribution is -2.46. The summed E-state index contributed by atoms with van der Waals surface area (Å²) in [7, 11) is 0. The number of carbonyl (C=O) groups excluding carboxylic acids is 1. The van der Waals surface area contributed by atoms with Crippen molar-refractivity contribution in [3.8, 4) is 22.3 Å². The molecule has 0 radical (unpaired) electrons. The molecule has 1 N–H and O–H groups in total. The van der Waals surface area contributed by atoms with E-state index < -0.39 is 5.60 Å². The van der Waals surface area contributed by atoms with E-state index in [0.29, 0.717) is 6.54 Å². The largest absolute Gasteiger partial charge is 0.433 e. The third-order valence-corrected chi connectivity index (χ3v) is 8.77. The van der Waals surface area contributed by atoms with Crippen LogP contribution in [0.3, 0.4) is 0 Å². The molecule has 1 aliphatic carbocycles. The second-order valence-electron chi connectivity index (χ2n) is 11.4. The van der Waals surface area contributed by atoms with Crippen molar-refractivity contribution < 1.29 is 9.53 Å². The number of hydrogen-bond donors (Lipinski definition) is 1. The standard InChI is InChI=1S/C37H41N3O2/c1-2-23-38-36(41)42-37(34-16-8-6-14-32(34)33-15-7-9-17-35(33)37)22-10-11-24-39-25-27-40(28-26-39)31-20-18-30(19-21-31)29-12-4-3-5-13-29/h3-9,12-21H,2,10-11,22-28H2,1H3,(H,38,41). The number of carbonyl (C=O) groups is 1. The third-order valence-electron chi connectivity index (χ3n) is 8.77. The highest BCUT2D eigenvalue weighted by Crippen LogP contribution is 2.52. The summed E-state index contributed by atoms with van der Waals surface area (Å²) in [5.74, 6) is 0. The highest BCUT2D eigenvalue weighted by Gasteiger charge is 2.46. The second kappa shape index (κ2) is 12.8. The van der Waals surface area contributed by atoms with Crippen molar-refractivity contribution in [2.24, 2.45) is 0 Å². The van der Waals surface area contributed by atoms with Crippen molar-refractivity contribution in [2.45, 2.75) is 38.2 Å². The van der Waals surface area contributed by atoms with Crippen LogP contribution in [0, 0.1) is 0 Å². The molecule has 0 atom stereocenters. The Bertz CT molecular complexity index is 1430. The molecule has 0 unspecified atom stereocenters. The maximum atomic E-state index is 13.0. The summed E-state index contributed by atoms with van der Waals surface area (Å²) >= 11 is 0. The highest BCUT2D eigenvalue weighted by atomic mass is 16.6. The Labute approximate surface area is 250 Å². The van der Waals surface area contributed by atoms with E-state index in [-0.39, 0.29) is 6.09 Å². The van der Waals surface area contributed by atoms with Crippen molar-refractivity contribution in [2.75, 3.05) is 44.2 Å². The average Bonchev–Trinajstić information content (AvgIpc) is 3.32. The molecule has 1 amide bonds. The zero-order valence-corrected chi connectivity index (χ0v) is 24.6. The van der Waals surface area contributed by atoms with Crippen LogP contribution in [-0.2, 0) is 10.3 Å². The number of nitrogens with one attached hydrogen (secondary N) is 1. The van der Waals surface area contributed by atoms with Crippen LogP contribution in [0.1, 0.15) is 43.7 Å². The van der Waals surface area contributed by atoms with Gasteiger partial charge in [-0.25, -0.2) is 4.79 Å². The van der Waals surface area contributed by atoms with Gasteiger partial charge in [0.2, 0.25) is 0 Å². The van der Waals surface area contributed by atoms with Crippen LogP contribution >= 0.6 is 0 Å². The molecular formula is C37H41N3O2. The summed E-state index contributed by atoms with van der Waals surface area (Å²) in [6.45, 7) is 7.92. The van der Waals surface area contributed by atoms with Crippen molar-refractivity contribution in [3.05, 3.63) is 114 Å². The first-order chi connectivity index (χ1) is 20.7. The first kappa shape index (κ1) is 28.0. The average molecular weight is 560 g/mol. The molecule has 0 spiro atoms. The minimum Gasteiger partial charge on any atom is -0.433 e. The van der Waals surface area contributed by atoms with Gasteiger partial charge in [0.05, 0.1) is 0 Å². The minimum absolute atomic E-state index is 0.337. The number of amides is 1. The van der Waals surface area contributed by atoms with Gasteiger partial charge in [0.15, 0.2) is 5.60 Å². The molecule has 0 saturated carbocycles. The quantitative estimate of drug-likeness (QED) is 0.202. The van der Waals surface area contributed by atoms with Crippen molar-refractivity contribution in [3.63, 3.8) is 0 Å². The molecule has 5 heteroatoms. The number of hydrogen-bond acceptors (Lipinski definition) is 4. The Morgan fingerprint density at radius 2 is 1.33 bits per heavy atom. The Morgan fingerprint density at radius 3 is 1.98 bits per heavy atom. The number of piperazine rings is 1. The van der Waals surface area contributed by atoms with Gasteiger partial charge in [-0.3, -0.25) is 4.90 Å². The molecule has 1 saturated heterocycles. The number of ether oxygens (including phenoxy) is 1. The summed E-state index contributed by atoms with van der Waals surface area (Å²) in [5, 5.41) is 2.94. The molecule has 1 fully saturated rings. The second-order valence-corrected chi connectivity index (χ2v) is 11.4. The molecule has 4 aromatic carbocycles. The maximum Gasteiger partial charge on any atom is 0.408 e. The van der Waals surface area contributed by atoms with E-state index >= 15 is 0 Å². The van der Waals surface area contributed by atoms with Gasteiger partial charge in [-0.1, -0.05) is 97.9 Å². The summed E-state index contributed by atoms with van der Waals surface area (Å²) < 4.78 is 6.38. The van der Waals surface area contributed by atoms with Crippen LogP contribution in [0.4, 0.5) is 10.5 Å². The van der Waals surface area contributed by atoms with E-state index in [9.17, 15) is 4.79 Å². The van der Waals surface area contributed by atoms with Crippen LogP contribution in [0.2, 0.25) is 0 Å². The van der Waals surface area contributed by atoms with Crippen LogP contribution < -0.4 is 10.2 Å². The van der Waals surface area contributed by atoms with E-state index in [1.807, 2.05) is 0 Å². The molecule has 1 aliphatic heterocycles. The van der Waals surface area contributed by atoms with Gasteiger partial charge in [0.25, 0.3) is 0 Å². The Morgan fingerprint density at radius 1 is 0.738 bits per heavy atom. The number of unbranched alkanes of at least 4 members (excludes halogenated alkanes) is 1. The van der Waals surface area contributed by atoms with Crippen LogP contribution in [0.15, 0.2) is 103 Å². The Kier molecular flexibility index (Phi) is 8.57. The van der Waals surface area contributed by atoms with Gasteiger partial charge in [0.1, 0.15) is 0 Å². The third kappa shape index (κ3) is 5.79. The van der Waals surface area contributed by atoms with E-state index in [4.69, 9.17) is 4.74 Å². The fraction of sp³-hybridized carbons (Fsp3) is 0.324.